The molecule has 0 aromatic rings. The smallest absolute Gasteiger partial charge is 0.318 e. The van der Waals surface area contributed by atoms with Crippen LogP contribution < -0.4 is 5.32 Å². The molecule has 7 nitrogen and oxygen atoms in total. The highest BCUT2D eigenvalue weighted by atomic mass is 16.5. The molecule has 2 aliphatic rings. The Hall–Kier alpha value is -1.34. The van der Waals surface area contributed by atoms with Crippen molar-refractivity contribution >= 4 is 12.0 Å². The number of hydrogen-bond acceptors (Lipinski definition) is 4. The van der Waals surface area contributed by atoms with Crippen molar-refractivity contribution in [2.75, 3.05) is 26.4 Å². The molecule has 2 aliphatic heterocycles. The molecule has 7 heteroatoms. The van der Waals surface area contributed by atoms with Crippen molar-refractivity contribution in [2.45, 2.75) is 25.4 Å². The Bertz CT molecular complexity index is 362. The third kappa shape index (κ3) is 2.82. The maximum absolute atomic E-state index is 12.1. The Balaban J connectivity index is 1.95. The first-order chi connectivity index (χ1) is 9.04. The maximum atomic E-state index is 12.1. The van der Waals surface area contributed by atoms with Crippen molar-refractivity contribution in [1.29, 1.82) is 0 Å². The lowest BCUT2D eigenvalue weighted by atomic mass is 10.0. The van der Waals surface area contributed by atoms with Crippen molar-refractivity contribution in [3.8, 4) is 0 Å². The molecule has 0 aliphatic carbocycles. The summed E-state index contributed by atoms with van der Waals surface area (Å²) in [4.78, 5) is 24.7. The minimum absolute atomic E-state index is 0.0713. The lowest BCUT2D eigenvalue weighted by Gasteiger charge is -2.27. The number of nitrogens with one attached hydrogen (secondary N) is 1. The van der Waals surface area contributed by atoms with Gasteiger partial charge in [0.2, 0.25) is 0 Å². The van der Waals surface area contributed by atoms with Crippen molar-refractivity contribution < 1.29 is 24.5 Å². The molecule has 4 unspecified atom stereocenters. The van der Waals surface area contributed by atoms with E-state index in [4.69, 9.17) is 9.84 Å². The second-order valence-corrected chi connectivity index (χ2v) is 5.25. The summed E-state index contributed by atoms with van der Waals surface area (Å²) >= 11 is 0. The number of rotatable bonds is 3. The molecule has 0 aromatic carbocycles. The molecule has 2 heterocycles. The summed E-state index contributed by atoms with van der Waals surface area (Å²) in [7, 11) is 0. The number of ether oxygens (including phenoxy) is 1. The average molecular weight is 272 g/mol. The normalized spacial score (nSPS) is 34.5. The van der Waals surface area contributed by atoms with E-state index in [1.807, 2.05) is 6.92 Å². The summed E-state index contributed by atoms with van der Waals surface area (Å²) in [5.74, 6) is -1.40. The van der Waals surface area contributed by atoms with E-state index < -0.39 is 17.9 Å². The number of carboxylic acids is 1. The average Bonchev–Trinajstić information content (AvgIpc) is 2.95. The number of urea groups is 1. The first-order valence-corrected chi connectivity index (χ1v) is 6.53. The summed E-state index contributed by atoms with van der Waals surface area (Å²) in [5, 5.41) is 21.0. The van der Waals surface area contributed by atoms with E-state index in [9.17, 15) is 14.7 Å². The van der Waals surface area contributed by atoms with Crippen molar-refractivity contribution in [3.63, 3.8) is 0 Å². The predicted octanol–water partition coefficient (Wildman–Crippen LogP) is -0.502. The summed E-state index contributed by atoms with van der Waals surface area (Å²) in [5.41, 5.74) is 0. The van der Waals surface area contributed by atoms with Gasteiger partial charge in [-0.3, -0.25) is 4.79 Å². The zero-order valence-corrected chi connectivity index (χ0v) is 10.9. The summed E-state index contributed by atoms with van der Waals surface area (Å²) in [6.07, 6.45) is 0.849. The molecule has 0 bridgehead atoms. The number of hydrogen-bond donors (Lipinski definition) is 3. The van der Waals surface area contributed by atoms with Crippen LogP contribution in [0.25, 0.3) is 0 Å². The van der Waals surface area contributed by atoms with Crippen LogP contribution in [0.4, 0.5) is 4.79 Å². The molecular formula is C12H20N2O5. The van der Waals surface area contributed by atoms with Crippen molar-refractivity contribution in [2.24, 2.45) is 11.8 Å². The van der Waals surface area contributed by atoms with Gasteiger partial charge in [-0.25, -0.2) is 4.79 Å². The van der Waals surface area contributed by atoms with Crippen molar-refractivity contribution in [1.82, 2.24) is 10.2 Å². The Kier molecular flexibility index (Phi) is 4.26. The molecule has 4 atom stereocenters. The van der Waals surface area contributed by atoms with Crippen LogP contribution in [-0.4, -0.2) is 65.6 Å². The van der Waals surface area contributed by atoms with Crippen LogP contribution >= 0.6 is 0 Å². The molecule has 0 radical (unpaired) electrons. The standard InChI is InChI=1S/C12H20N2O5/c1-7-2-3-14(10(7)4-15)12(18)13-9-6-19-5-8(9)11(16)17/h7-10,15H,2-6H2,1H3,(H,13,18)(H,16,17). The van der Waals surface area contributed by atoms with Crippen LogP contribution in [-0.2, 0) is 9.53 Å². The molecule has 2 saturated heterocycles. The number of amides is 2. The quantitative estimate of drug-likeness (QED) is 0.643. The number of aliphatic carboxylic acids is 1. The maximum Gasteiger partial charge on any atom is 0.318 e. The van der Waals surface area contributed by atoms with E-state index in [1.54, 1.807) is 4.90 Å². The Morgan fingerprint density at radius 1 is 1.42 bits per heavy atom. The molecule has 0 spiro atoms. The number of carboxylic acid groups (broad SMARTS) is 1. The van der Waals surface area contributed by atoms with Gasteiger partial charge in [0.1, 0.15) is 5.92 Å². The highest BCUT2D eigenvalue weighted by Crippen LogP contribution is 2.24. The minimum atomic E-state index is -0.962. The molecule has 108 valence electrons. The second kappa shape index (κ2) is 5.75. The van der Waals surface area contributed by atoms with E-state index in [2.05, 4.69) is 5.32 Å². The number of likely N-dealkylation sites (tertiary alicyclic amines) is 1. The van der Waals surface area contributed by atoms with Crippen molar-refractivity contribution in [3.05, 3.63) is 0 Å². The molecule has 0 saturated carbocycles. The van der Waals surface area contributed by atoms with Gasteiger partial charge in [0, 0.05) is 6.54 Å². The van der Waals surface area contributed by atoms with Crippen LogP contribution in [0.1, 0.15) is 13.3 Å². The number of carbonyl (C=O) groups excluding carboxylic acids is 1. The molecule has 2 rings (SSSR count). The van der Waals surface area contributed by atoms with Gasteiger partial charge in [-0.2, -0.15) is 0 Å². The zero-order chi connectivity index (χ0) is 14.0. The predicted molar refractivity (Wildman–Crippen MR) is 65.6 cm³/mol. The first-order valence-electron chi connectivity index (χ1n) is 6.53. The molecule has 3 N–H and O–H groups in total. The number of carbonyl (C=O) groups is 2. The van der Waals surface area contributed by atoms with E-state index >= 15 is 0 Å². The molecule has 2 fully saturated rings. The van der Waals surface area contributed by atoms with Crippen LogP contribution in [0.2, 0.25) is 0 Å². The summed E-state index contributed by atoms with van der Waals surface area (Å²) in [6.45, 7) is 2.85. The van der Waals surface area contributed by atoms with Gasteiger partial charge in [-0.1, -0.05) is 6.92 Å². The van der Waals surface area contributed by atoms with E-state index in [1.165, 1.54) is 0 Å². The monoisotopic (exact) mass is 272 g/mol. The van der Waals surface area contributed by atoms with Gasteiger partial charge in [-0.15, -0.1) is 0 Å². The Morgan fingerprint density at radius 2 is 2.16 bits per heavy atom. The molecular weight excluding hydrogens is 252 g/mol. The lowest BCUT2D eigenvalue weighted by molar-refractivity contribution is -0.142. The molecule has 2 amide bonds. The van der Waals surface area contributed by atoms with E-state index in [-0.39, 0.29) is 37.8 Å². The number of nitrogens with zero attached hydrogens (tertiary/aromatic N) is 1. The Labute approximate surface area is 111 Å². The highest BCUT2D eigenvalue weighted by molar-refractivity contribution is 5.77. The Morgan fingerprint density at radius 3 is 2.79 bits per heavy atom. The van der Waals surface area contributed by atoms with Gasteiger partial charge < -0.3 is 25.2 Å². The largest absolute Gasteiger partial charge is 0.481 e. The van der Waals surface area contributed by atoms with Crippen LogP contribution in [0, 0.1) is 11.8 Å². The number of aliphatic hydroxyl groups excluding tert-OH is 1. The molecule has 0 aromatic heterocycles. The van der Waals surface area contributed by atoms with Gasteiger partial charge in [0.25, 0.3) is 0 Å². The fourth-order valence-electron chi connectivity index (χ4n) is 2.72. The SMILES string of the molecule is CC1CCN(C(=O)NC2COCC2C(=O)O)C1CO. The molecule has 19 heavy (non-hydrogen) atoms. The second-order valence-electron chi connectivity index (χ2n) is 5.25. The topological polar surface area (TPSA) is 99.1 Å². The summed E-state index contributed by atoms with van der Waals surface area (Å²) < 4.78 is 5.11. The zero-order valence-electron chi connectivity index (χ0n) is 10.9. The van der Waals surface area contributed by atoms with Crippen LogP contribution in [0.5, 0.6) is 0 Å². The van der Waals surface area contributed by atoms with Gasteiger partial charge >= 0.3 is 12.0 Å². The van der Waals surface area contributed by atoms with Gasteiger partial charge in [0.05, 0.1) is 31.9 Å². The van der Waals surface area contributed by atoms with Gasteiger partial charge in [-0.05, 0) is 12.3 Å². The van der Waals surface area contributed by atoms with Gasteiger partial charge in [0.15, 0.2) is 0 Å². The fourth-order valence-corrected chi connectivity index (χ4v) is 2.72. The lowest BCUT2D eigenvalue weighted by Crippen LogP contribution is -2.51. The highest BCUT2D eigenvalue weighted by Gasteiger charge is 2.39. The van der Waals surface area contributed by atoms with Crippen LogP contribution in [0.3, 0.4) is 0 Å². The van der Waals surface area contributed by atoms with E-state index in [0.717, 1.165) is 6.42 Å². The first kappa shape index (κ1) is 14.1. The fraction of sp³-hybridized carbons (Fsp3) is 0.833. The number of aliphatic hydroxyl groups is 1. The minimum Gasteiger partial charge on any atom is -0.481 e. The third-order valence-corrected chi connectivity index (χ3v) is 4.04. The van der Waals surface area contributed by atoms with Crippen LogP contribution in [0.15, 0.2) is 0 Å². The summed E-state index contributed by atoms with van der Waals surface area (Å²) in [6, 6.07) is -1.00. The van der Waals surface area contributed by atoms with E-state index in [0.29, 0.717) is 6.54 Å². The third-order valence-electron chi connectivity index (χ3n) is 4.04.